The molecule has 0 saturated carbocycles. The lowest BCUT2D eigenvalue weighted by atomic mass is 10.0. The van der Waals surface area contributed by atoms with Gasteiger partial charge < -0.3 is 5.11 Å². The van der Waals surface area contributed by atoms with E-state index in [4.69, 9.17) is 0 Å². The van der Waals surface area contributed by atoms with Crippen LogP contribution < -0.4 is 0 Å². The van der Waals surface area contributed by atoms with Crippen LogP contribution in [0.3, 0.4) is 0 Å². The van der Waals surface area contributed by atoms with Gasteiger partial charge in [-0.2, -0.15) is 4.52 Å². The number of aromatic hydroxyl groups is 1. The topological polar surface area (TPSA) is 53.7 Å². The molecule has 1 atom stereocenters. The summed E-state index contributed by atoms with van der Waals surface area (Å²) in [4.78, 5) is 8.31. The standard InChI is InChI=1S/C17H19FN4OS/c1-2-13-19-17-22(20-13)16(23)15(24-17)14(21-9-3-4-10-21)11-5-7-12(18)8-6-11/h5-8,14,23H,2-4,9-10H2,1H3. The summed E-state index contributed by atoms with van der Waals surface area (Å²) in [5.74, 6) is 0.615. The van der Waals surface area contributed by atoms with Gasteiger partial charge in [-0.05, 0) is 43.6 Å². The van der Waals surface area contributed by atoms with Crippen LogP contribution in [0.4, 0.5) is 4.39 Å². The summed E-state index contributed by atoms with van der Waals surface area (Å²) in [5.41, 5.74) is 0.980. The highest BCUT2D eigenvalue weighted by atomic mass is 32.1. The van der Waals surface area contributed by atoms with Crippen molar-refractivity contribution in [3.05, 3.63) is 46.3 Å². The Labute approximate surface area is 143 Å². The molecule has 3 heterocycles. The van der Waals surface area contributed by atoms with Crippen LogP contribution >= 0.6 is 11.3 Å². The molecule has 126 valence electrons. The molecule has 3 aromatic rings. The maximum Gasteiger partial charge on any atom is 0.230 e. The number of thiazole rings is 1. The first kappa shape index (κ1) is 15.5. The molecule has 1 aromatic carbocycles. The van der Waals surface area contributed by atoms with E-state index in [1.165, 1.54) is 28.0 Å². The third-order valence-corrected chi connectivity index (χ3v) is 5.57. The third kappa shape index (κ3) is 2.57. The lowest BCUT2D eigenvalue weighted by molar-refractivity contribution is 0.277. The van der Waals surface area contributed by atoms with E-state index in [9.17, 15) is 9.50 Å². The van der Waals surface area contributed by atoms with Gasteiger partial charge >= 0.3 is 0 Å². The Morgan fingerprint density at radius 2 is 1.96 bits per heavy atom. The number of fused-ring (bicyclic) bond motifs is 1. The summed E-state index contributed by atoms with van der Waals surface area (Å²) < 4.78 is 14.8. The average molecular weight is 346 g/mol. The minimum Gasteiger partial charge on any atom is -0.492 e. The number of nitrogens with zero attached hydrogens (tertiary/aromatic N) is 4. The van der Waals surface area contributed by atoms with Crippen LogP contribution in [0, 0.1) is 5.82 Å². The first-order valence-corrected chi connectivity index (χ1v) is 9.06. The minimum atomic E-state index is -0.251. The second kappa shape index (κ2) is 6.14. The molecule has 5 nitrogen and oxygen atoms in total. The number of hydrogen-bond donors (Lipinski definition) is 1. The van der Waals surface area contributed by atoms with Crippen LogP contribution in [0.2, 0.25) is 0 Å². The molecule has 0 aliphatic carbocycles. The molecule has 1 aliphatic rings. The largest absolute Gasteiger partial charge is 0.492 e. The molecule has 0 amide bonds. The molecule has 24 heavy (non-hydrogen) atoms. The van der Waals surface area contributed by atoms with Crippen LogP contribution in [0.1, 0.15) is 42.1 Å². The Morgan fingerprint density at radius 3 is 2.58 bits per heavy atom. The quantitative estimate of drug-likeness (QED) is 0.787. The summed E-state index contributed by atoms with van der Waals surface area (Å²) in [6.07, 6.45) is 3.01. The predicted octanol–water partition coefficient (Wildman–Crippen LogP) is 3.38. The van der Waals surface area contributed by atoms with Crippen molar-refractivity contribution in [1.29, 1.82) is 0 Å². The maximum atomic E-state index is 13.3. The lowest BCUT2D eigenvalue weighted by Crippen LogP contribution is -2.26. The van der Waals surface area contributed by atoms with E-state index in [0.29, 0.717) is 4.96 Å². The van der Waals surface area contributed by atoms with Gasteiger partial charge in [0.05, 0.1) is 10.9 Å². The molecule has 1 fully saturated rings. The van der Waals surface area contributed by atoms with Gasteiger partial charge in [0.1, 0.15) is 5.82 Å². The Hall–Kier alpha value is -1.99. The normalized spacial score (nSPS) is 16.9. The average Bonchev–Trinajstić information content (AvgIpc) is 3.29. The van der Waals surface area contributed by atoms with Crippen LogP contribution in [-0.4, -0.2) is 37.7 Å². The first-order valence-electron chi connectivity index (χ1n) is 8.24. The zero-order valence-electron chi connectivity index (χ0n) is 13.4. The molecular formula is C17H19FN4OS. The van der Waals surface area contributed by atoms with E-state index < -0.39 is 0 Å². The predicted molar refractivity (Wildman–Crippen MR) is 91.0 cm³/mol. The van der Waals surface area contributed by atoms with Gasteiger partial charge in [-0.15, -0.1) is 5.10 Å². The van der Waals surface area contributed by atoms with Gasteiger partial charge in [0.15, 0.2) is 5.82 Å². The molecule has 1 unspecified atom stereocenters. The molecular weight excluding hydrogens is 327 g/mol. The molecule has 4 rings (SSSR count). The van der Waals surface area contributed by atoms with Gasteiger partial charge in [0.2, 0.25) is 10.8 Å². The minimum absolute atomic E-state index is 0.0910. The van der Waals surface area contributed by atoms with Gasteiger partial charge in [-0.25, -0.2) is 9.37 Å². The molecule has 1 saturated heterocycles. The van der Waals surface area contributed by atoms with Crippen LogP contribution in [-0.2, 0) is 6.42 Å². The Kier molecular flexibility index (Phi) is 3.97. The van der Waals surface area contributed by atoms with Crippen molar-refractivity contribution in [2.75, 3.05) is 13.1 Å². The Balaban J connectivity index is 1.82. The molecule has 0 spiro atoms. The zero-order valence-corrected chi connectivity index (χ0v) is 14.3. The molecule has 7 heteroatoms. The fraction of sp³-hybridized carbons (Fsp3) is 0.412. The van der Waals surface area contributed by atoms with E-state index >= 15 is 0 Å². The number of hydrogen-bond acceptors (Lipinski definition) is 5. The smallest absolute Gasteiger partial charge is 0.230 e. The van der Waals surface area contributed by atoms with E-state index in [1.54, 1.807) is 12.1 Å². The molecule has 1 aliphatic heterocycles. The highest BCUT2D eigenvalue weighted by Crippen LogP contribution is 2.41. The fourth-order valence-corrected chi connectivity index (χ4v) is 4.43. The van der Waals surface area contributed by atoms with Gasteiger partial charge in [0.25, 0.3) is 0 Å². The van der Waals surface area contributed by atoms with Crippen LogP contribution in [0.15, 0.2) is 24.3 Å². The summed E-state index contributed by atoms with van der Waals surface area (Å²) in [5, 5.41) is 15.1. The first-order chi connectivity index (χ1) is 11.7. The Bertz CT molecular complexity index is 851. The summed E-state index contributed by atoms with van der Waals surface area (Å²) >= 11 is 1.46. The van der Waals surface area contributed by atoms with Crippen molar-refractivity contribution >= 4 is 16.3 Å². The van der Waals surface area contributed by atoms with Gasteiger partial charge in [0, 0.05) is 6.42 Å². The highest BCUT2D eigenvalue weighted by Gasteiger charge is 2.31. The molecule has 2 aromatic heterocycles. The molecule has 0 bridgehead atoms. The SMILES string of the molecule is CCc1nc2sc(C(c3ccc(F)cc3)N3CCCC3)c(O)n2n1. The second-order valence-electron chi connectivity index (χ2n) is 6.06. The van der Waals surface area contributed by atoms with E-state index in [0.717, 1.165) is 48.6 Å². The monoisotopic (exact) mass is 346 g/mol. The van der Waals surface area contributed by atoms with E-state index in [2.05, 4.69) is 15.0 Å². The number of halogens is 1. The number of benzene rings is 1. The number of aromatic nitrogens is 3. The van der Waals surface area contributed by atoms with Crippen molar-refractivity contribution in [2.45, 2.75) is 32.2 Å². The van der Waals surface area contributed by atoms with Crippen molar-refractivity contribution in [1.82, 2.24) is 19.5 Å². The summed E-state index contributed by atoms with van der Waals surface area (Å²) in [7, 11) is 0. The van der Waals surface area contributed by atoms with Crippen LogP contribution in [0.25, 0.3) is 4.96 Å². The van der Waals surface area contributed by atoms with E-state index in [-0.39, 0.29) is 17.7 Å². The van der Waals surface area contributed by atoms with Crippen molar-refractivity contribution < 1.29 is 9.50 Å². The molecule has 0 radical (unpaired) electrons. The third-order valence-electron chi connectivity index (χ3n) is 4.50. The summed E-state index contributed by atoms with van der Waals surface area (Å²) in [6, 6.07) is 6.45. The molecule has 1 N–H and O–H groups in total. The van der Waals surface area contributed by atoms with Gasteiger partial charge in [-0.3, -0.25) is 4.90 Å². The van der Waals surface area contributed by atoms with Crippen LogP contribution in [0.5, 0.6) is 5.88 Å². The highest BCUT2D eigenvalue weighted by molar-refractivity contribution is 7.17. The number of likely N-dealkylation sites (tertiary alicyclic amines) is 1. The number of rotatable bonds is 4. The fourth-order valence-electron chi connectivity index (χ4n) is 3.29. The van der Waals surface area contributed by atoms with Crippen molar-refractivity contribution in [3.63, 3.8) is 0 Å². The van der Waals surface area contributed by atoms with Crippen molar-refractivity contribution in [3.8, 4) is 5.88 Å². The number of aryl methyl sites for hydroxylation is 1. The Morgan fingerprint density at radius 1 is 1.25 bits per heavy atom. The second-order valence-corrected chi connectivity index (χ2v) is 7.07. The van der Waals surface area contributed by atoms with Crippen molar-refractivity contribution in [2.24, 2.45) is 0 Å². The van der Waals surface area contributed by atoms with Gasteiger partial charge in [-0.1, -0.05) is 30.4 Å². The zero-order chi connectivity index (χ0) is 16.7. The van der Waals surface area contributed by atoms with E-state index in [1.807, 2.05) is 6.92 Å². The summed E-state index contributed by atoms with van der Waals surface area (Å²) in [6.45, 7) is 3.92. The maximum absolute atomic E-state index is 13.3. The lowest BCUT2D eigenvalue weighted by Gasteiger charge is -2.27.